The molecule has 0 aliphatic heterocycles. The maximum atomic E-state index is 5.36. The first kappa shape index (κ1) is 8.14. The van der Waals surface area contributed by atoms with Crippen molar-refractivity contribution in [2.45, 2.75) is 19.3 Å². The Morgan fingerprint density at radius 3 is 2.82 bits per heavy atom. The fourth-order valence-corrected chi connectivity index (χ4v) is 0.939. The summed E-state index contributed by atoms with van der Waals surface area (Å²) in [5.74, 6) is 0. The second-order valence-electron chi connectivity index (χ2n) is 2.50. The summed E-state index contributed by atoms with van der Waals surface area (Å²) >= 11 is 0. The largest absolute Gasteiger partial charge is 0.330 e. The molecule has 60 valence electrons. The van der Waals surface area contributed by atoms with Crippen LogP contribution in [0.3, 0.4) is 0 Å². The molecule has 0 amide bonds. The quantitative estimate of drug-likeness (QED) is 0.646. The normalized spacial score (nSPS) is 9.91. The number of nitrogens with zero attached hydrogens (tertiary/aromatic N) is 2. The van der Waals surface area contributed by atoms with E-state index in [1.807, 2.05) is 6.07 Å². The highest BCUT2D eigenvalue weighted by Crippen LogP contribution is 2.00. The van der Waals surface area contributed by atoms with Gasteiger partial charge >= 0.3 is 0 Å². The van der Waals surface area contributed by atoms with Crippen molar-refractivity contribution in [1.29, 1.82) is 0 Å². The summed E-state index contributed by atoms with van der Waals surface area (Å²) in [6.45, 7) is 0.776. The van der Waals surface area contributed by atoms with Crippen LogP contribution in [0.4, 0.5) is 0 Å². The molecule has 1 aromatic rings. The molecule has 0 spiro atoms. The van der Waals surface area contributed by atoms with E-state index >= 15 is 0 Å². The fraction of sp³-hybridized carbons (Fsp3) is 0.500. The van der Waals surface area contributed by atoms with Gasteiger partial charge in [0.05, 0.1) is 6.20 Å². The zero-order valence-electron chi connectivity index (χ0n) is 6.53. The molecule has 0 aliphatic rings. The Balaban J connectivity index is 2.28. The maximum absolute atomic E-state index is 5.36. The average molecular weight is 151 g/mol. The van der Waals surface area contributed by atoms with Crippen LogP contribution in [0.1, 0.15) is 18.4 Å². The zero-order valence-corrected chi connectivity index (χ0v) is 6.53. The fourth-order valence-electron chi connectivity index (χ4n) is 0.939. The molecular weight excluding hydrogens is 138 g/mol. The number of aromatic nitrogens is 2. The zero-order chi connectivity index (χ0) is 7.94. The van der Waals surface area contributed by atoms with Gasteiger partial charge in [-0.05, 0) is 37.4 Å². The van der Waals surface area contributed by atoms with Crippen molar-refractivity contribution in [2.75, 3.05) is 6.54 Å². The molecule has 0 atom stereocenters. The first-order chi connectivity index (χ1) is 5.43. The van der Waals surface area contributed by atoms with Gasteiger partial charge < -0.3 is 5.73 Å². The van der Waals surface area contributed by atoms with Crippen molar-refractivity contribution in [3.05, 3.63) is 24.0 Å². The molecule has 1 aromatic heterocycles. The Bertz CT molecular complexity index is 186. The van der Waals surface area contributed by atoms with E-state index in [9.17, 15) is 0 Å². The molecule has 2 N–H and O–H groups in total. The van der Waals surface area contributed by atoms with Gasteiger partial charge in [0.25, 0.3) is 0 Å². The van der Waals surface area contributed by atoms with Crippen molar-refractivity contribution in [1.82, 2.24) is 10.2 Å². The lowest BCUT2D eigenvalue weighted by molar-refractivity contribution is 0.740. The summed E-state index contributed by atoms with van der Waals surface area (Å²) in [6.07, 6.45) is 6.81. The van der Waals surface area contributed by atoms with E-state index < -0.39 is 0 Å². The summed E-state index contributed by atoms with van der Waals surface area (Å²) in [4.78, 5) is 0. The van der Waals surface area contributed by atoms with Gasteiger partial charge in [0.1, 0.15) is 0 Å². The maximum Gasteiger partial charge on any atom is 0.0528 e. The predicted octanol–water partition coefficient (Wildman–Crippen LogP) is 0.758. The molecule has 0 saturated carbocycles. The molecule has 0 aromatic carbocycles. The van der Waals surface area contributed by atoms with E-state index in [1.54, 1.807) is 12.4 Å². The molecule has 0 radical (unpaired) electrons. The molecule has 3 heteroatoms. The van der Waals surface area contributed by atoms with Crippen molar-refractivity contribution >= 4 is 0 Å². The van der Waals surface area contributed by atoms with E-state index in [4.69, 9.17) is 5.73 Å². The standard InChI is InChI=1S/C8H13N3/c9-5-2-1-3-8-4-6-10-11-7-8/h4,6-7H,1-3,5,9H2. The van der Waals surface area contributed by atoms with E-state index in [2.05, 4.69) is 10.2 Å². The summed E-state index contributed by atoms with van der Waals surface area (Å²) in [5.41, 5.74) is 6.61. The molecule has 0 saturated heterocycles. The lowest BCUT2D eigenvalue weighted by Crippen LogP contribution is -1.99. The van der Waals surface area contributed by atoms with Crippen LogP contribution in [-0.4, -0.2) is 16.7 Å². The Morgan fingerprint density at radius 2 is 2.18 bits per heavy atom. The lowest BCUT2D eigenvalue weighted by Gasteiger charge is -1.97. The third-order valence-corrected chi connectivity index (χ3v) is 1.57. The Kier molecular flexibility index (Phi) is 3.55. The van der Waals surface area contributed by atoms with Crippen LogP contribution in [0.15, 0.2) is 18.5 Å². The number of nitrogens with two attached hydrogens (primary N) is 1. The van der Waals surface area contributed by atoms with Crippen LogP contribution >= 0.6 is 0 Å². The summed E-state index contributed by atoms with van der Waals surface area (Å²) in [7, 11) is 0. The van der Waals surface area contributed by atoms with Gasteiger partial charge in [-0.3, -0.25) is 0 Å². The summed E-state index contributed by atoms with van der Waals surface area (Å²) in [5, 5.41) is 7.48. The van der Waals surface area contributed by atoms with Gasteiger partial charge in [0.2, 0.25) is 0 Å². The second kappa shape index (κ2) is 4.79. The number of hydrogen-bond donors (Lipinski definition) is 1. The Labute approximate surface area is 66.6 Å². The first-order valence-electron chi connectivity index (χ1n) is 3.89. The second-order valence-corrected chi connectivity index (χ2v) is 2.50. The van der Waals surface area contributed by atoms with Gasteiger partial charge in [-0.15, -0.1) is 0 Å². The minimum atomic E-state index is 0.776. The molecule has 0 aliphatic carbocycles. The van der Waals surface area contributed by atoms with Gasteiger partial charge in [-0.25, -0.2) is 0 Å². The predicted molar refractivity (Wildman–Crippen MR) is 44.0 cm³/mol. The van der Waals surface area contributed by atoms with Crippen molar-refractivity contribution in [3.8, 4) is 0 Å². The van der Waals surface area contributed by atoms with Crippen LogP contribution < -0.4 is 5.73 Å². The molecule has 3 nitrogen and oxygen atoms in total. The number of hydrogen-bond acceptors (Lipinski definition) is 3. The van der Waals surface area contributed by atoms with Gasteiger partial charge in [-0.2, -0.15) is 10.2 Å². The average Bonchev–Trinajstić information content (AvgIpc) is 2.07. The van der Waals surface area contributed by atoms with Crippen LogP contribution in [0.5, 0.6) is 0 Å². The highest BCUT2D eigenvalue weighted by atomic mass is 15.1. The van der Waals surface area contributed by atoms with E-state index in [-0.39, 0.29) is 0 Å². The monoisotopic (exact) mass is 151 g/mol. The third kappa shape index (κ3) is 3.09. The van der Waals surface area contributed by atoms with Gasteiger partial charge in [0.15, 0.2) is 0 Å². The van der Waals surface area contributed by atoms with Crippen molar-refractivity contribution in [2.24, 2.45) is 5.73 Å². The number of unbranched alkanes of at least 4 members (excludes halogenated alkanes) is 1. The molecule has 1 rings (SSSR count). The molecule has 11 heavy (non-hydrogen) atoms. The van der Waals surface area contributed by atoms with E-state index in [1.165, 1.54) is 5.56 Å². The lowest BCUT2D eigenvalue weighted by atomic mass is 10.1. The molecular formula is C8H13N3. The van der Waals surface area contributed by atoms with Crippen molar-refractivity contribution in [3.63, 3.8) is 0 Å². The van der Waals surface area contributed by atoms with Crippen LogP contribution in [0.2, 0.25) is 0 Å². The number of aryl methyl sites for hydroxylation is 1. The minimum Gasteiger partial charge on any atom is -0.330 e. The van der Waals surface area contributed by atoms with Gasteiger partial charge in [0, 0.05) is 6.20 Å². The van der Waals surface area contributed by atoms with Gasteiger partial charge in [-0.1, -0.05) is 0 Å². The molecule has 0 bridgehead atoms. The molecule has 0 unspecified atom stereocenters. The summed E-state index contributed by atoms with van der Waals surface area (Å²) in [6, 6.07) is 1.99. The highest BCUT2D eigenvalue weighted by molar-refractivity contribution is 5.04. The first-order valence-corrected chi connectivity index (χ1v) is 3.89. The van der Waals surface area contributed by atoms with Crippen LogP contribution in [0, 0.1) is 0 Å². The van der Waals surface area contributed by atoms with Crippen LogP contribution in [0.25, 0.3) is 0 Å². The molecule has 0 fully saturated rings. The third-order valence-electron chi connectivity index (χ3n) is 1.57. The van der Waals surface area contributed by atoms with E-state index in [0.717, 1.165) is 25.8 Å². The summed E-state index contributed by atoms with van der Waals surface area (Å²) < 4.78 is 0. The Hall–Kier alpha value is -0.960. The molecule has 1 heterocycles. The SMILES string of the molecule is NCCCCc1ccnnc1. The minimum absolute atomic E-state index is 0.776. The smallest absolute Gasteiger partial charge is 0.0528 e. The Morgan fingerprint density at radius 1 is 1.27 bits per heavy atom. The highest BCUT2D eigenvalue weighted by Gasteiger charge is 1.90. The van der Waals surface area contributed by atoms with E-state index in [0.29, 0.717) is 0 Å². The van der Waals surface area contributed by atoms with Crippen LogP contribution in [-0.2, 0) is 6.42 Å². The van der Waals surface area contributed by atoms with Crippen molar-refractivity contribution < 1.29 is 0 Å². The number of rotatable bonds is 4. The topological polar surface area (TPSA) is 51.8 Å².